The third kappa shape index (κ3) is 17.2. The Hall–Kier alpha value is -2.18. The SMILES string of the molecule is C[Si](C)=CC1=CC2=CCOC2=C1.C[Si](C)=CC1=CC2=COCC2=C1.Cc1cc2c(-c3ccccc3)cccc2[cH-]1.Cc1cc2c(-c3ccccc3)cccc2[cH-]1.[Cl-].[Cl-].[Cl-].[Cl-].[Cl-].[Cl-].[Zr+4].[Zr+4]. The Morgan fingerprint density at radius 3 is 1.42 bits per heavy atom. The quantitative estimate of drug-likeness (QED) is 0.130. The van der Waals surface area contributed by atoms with Gasteiger partial charge in [-0.05, 0) is 52.7 Å². The number of aryl methyl sites for hydroxylation is 2. The molecule has 6 aromatic carbocycles. The van der Waals surface area contributed by atoms with Gasteiger partial charge in [-0.25, -0.2) is 0 Å². The van der Waals surface area contributed by atoms with Crippen LogP contribution in [0.4, 0.5) is 0 Å². The Morgan fingerprint density at radius 1 is 0.531 bits per heavy atom. The largest absolute Gasteiger partial charge is 4.00 e. The van der Waals surface area contributed by atoms with Gasteiger partial charge in [-0.1, -0.05) is 135 Å². The zero-order chi connectivity index (χ0) is 39.0. The van der Waals surface area contributed by atoms with Crippen molar-refractivity contribution in [2.75, 3.05) is 13.2 Å². The smallest absolute Gasteiger partial charge is 1.00 e. The Kier molecular flexibility index (Phi) is 30.9. The summed E-state index contributed by atoms with van der Waals surface area (Å²) in [5.41, 5.74) is 19.2. The Bertz CT molecular complexity index is 2460. The molecule has 328 valence electrons. The van der Waals surface area contributed by atoms with E-state index in [-0.39, 0.29) is 144 Å². The fourth-order valence-corrected chi connectivity index (χ4v) is 9.10. The number of rotatable bonds is 4. The van der Waals surface area contributed by atoms with Crippen LogP contribution in [0.5, 0.6) is 0 Å². The van der Waals surface area contributed by atoms with Crippen LogP contribution in [0.1, 0.15) is 11.1 Å². The van der Waals surface area contributed by atoms with Crippen molar-refractivity contribution in [3.05, 3.63) is 203 Å². The van der Waals surface area contributed by atoms with E-state index in [1.807, 2.05) is 6.26 Å². The number of benzene rings is 4. The number of hydrogen-bond donors (Lipinski definition) is 0. The topological polar surface area (TPSA) is 18.5 Å². The van der Waals surface area contributed by atoms with Crippen LogP contribution in [-0.2, 0) is 61.9 Å². The average Bonchev–Trinajstić information content (AvgIpc) is 4.03. The second kappa shape index (κ2) is 31.0. The summed E-state index contributed by atoms with van der Waals surface area (Å²) >= 11 is 0. The molecule has 4 aliphatic rings. The van der Waals surface area contributed by atoms with Crippen molar-refractivity contribution in [1.29, 1.82) is 0 Å². The van der Waals surface area contributed by atoms with Gasteiger partial charge in [-0.15, -0.1) is 69.1 Å². The van der Waals surface area contributed by atoms with Gasteiger partial charge < -0.3 is 83.9 Å². The molecule has 6 aromatic rings. The molecule has 0 bridgehead atoms. The van der Waals surface area contributed by atoms with Crippen molar-refractivity contribution < 1.29 is 136 Å². The van der Waals surface area contributed by atoms with Gasteiger partial charge in [0.15, 0.2) is 0 Å². The monoisotopic (exact) mass is 1150 g/mol. The van der Waals surface area contributed by atoms with Gasteiger partial charge in [0.05, 0.1) is 6.26 Å². The zero-order valence-corrected chi connectivity index (χ0v) is 48.1. The Morgan fingerprint density at radius 2 is 0.984 bits per heavy atom. The van der Waals surface area contributed by atoms with Crippen LogP contribution >= 0.6 is 0 Å². The van der Waals surface area contributed by atoms with E-state index in [1.54, 1.807) is 0 Å². The van der Waals surface area contributed by atoms with Crippen LogP contribution in [0.25, 0.3) is 43.8 Å². The minimum atomic E-state index is -0.269. The second-order valence-electron chi connectivity index (χ2n) is 15.2. The number of fused-ring (bicyclic) bond motifs is 4. The number of hydrogen-bond acceptors (Lipinski definition) is 2. The molecule has 2 aliphatic carbocycles. The first kappa shape index (κ1) is 63.9. The third-order valence-corrected chi connectivity index (χ3v) is 11.6. The molecule has 0 unspecified atom stereocenters. The summed E-state index contributed by atoms with van der Waals surface area (Å²) in [7, 11) is -0.522. The Labute approximate surface area is 459 Å². The van der Waals surface area contributed by atoms with Gasteiger partial charge in [0.25, 0.3) is 0 Å². The molecule has 10 rings (SSSR count). The molecule has 0 fully saturated rings. The van der Waals surface area contributed by atoms with Gasteiger partial charge in [-0.2, -0.15) is 12.1 Å². The van der Waals surface area contributed by atoms with Gasteiger partial charge in [0.1, 0.15) is 19.0 Å². The molecule has 12 heteroatoms. The van der Waals surface area contributed by atoms with Gasteiger partial charge in [0, 0.05) is 33.5 Å². The summed E-state index contributed by atoms with van der Waals surface area (Å²) in [5, 5.41) is 5.37. The van der Waals surface area contributed by atoms with Crippen LogP contribution < -0.4 is 74.4 Å². The predicted octanol–water partition coefficient (Wildman–Crippen LogP) is -5.10. The van der Waals surface area contributed by atoms with E-state index in [0.29, 0.717) is 0 Å². The number of ether oxygens (including phenoxy) is 2. The van der Waals surface area contributed by atoms with E-state index in [1.165, 1.54) is 82.8 Å². The molecule has 0 amide bonds. The van der Waals surface area contributed by atoms with Crippen molar-refractivity contribution in [1.82, 2.24) is 0 Å². The van der Waals surface area contributed by atoms with E-state index in [2.05, 4.69) is 203 Å². The molecule has 0 atom stereocenters. The molecule has 64 heavy (non-hydrogen) atoms. The zero-order valence-electron chi connectivity index (χ0n) is 36.7. The van der Waals surface area contributed by atoms with Gasteiger partial charge in [0.2, 0.25) is 0 Å². The maximum atomic E-state index is 5.40. The maximum absolute atomic E-state index is 5.40. The molecule has 0 spiro atoms. The van der Waals surface area contributed by atoms with Crippen LogP contribution in [0, 0.1) is 13.8 Å². The van der Waals surface area contributed by atoms with Crippen LogP contribution in [-0.4, -0.2) is 41.4 Å². The van der Waals surface area contributed by atoms with E-state index >= 15 is 0 Å². The first-order valence-electron chi connectivity index (χ1n) is 19.4. The Balaban J connectivity index is 0. The molecular weight excluding hydrogens is 1110 g/mol. The van der Waals surface area contributed by atoms with Gasteiger partial charge >= 0.3 is 52.4 Å². The second-order valence-corrected chi connectivity index (χ2v) is 20.1. The summed E-state index contributed by atoms with van der Waals surface area (Å²) in [6, 6.07) is 43.1. The number of halogens is 6. The summed E-state index contributed by atoms with van der Waals surface area (Å²) < 4.78 is 10.6. The van der Waals surface area contributed by atoms with Crippen molar-refractivity contribution >= 4 is 49.7 Å². The molecular formula is C52H50Cl6O2Si2Zr2. The summed E-state index contributed by atoms with van der Waals surface area (Å²) in [4.78, 5) is 0. The van der Waals surface area contributed by atoms with Crippen LogP contribution in [0.3, 0.4) is 0 Å². The average molecular weight is 1160 g/mol. The maximum Gasteiger partial charge on any atom is 4.00 e. The molecule has 2 nitrogen and oxygen atoms in total. The fraction of sp³-hybridized carbons (Fsp3) is 0.154. The van der Waals surface area contributed by atoms with Crippen molar-refractivity contribution in [2.45, 2.75) is 40.0 Å². The molecule has 0 saturated heterocycles. The first-order valence-corrected chi connectivity index (χ1v) is 24.6. The standard InChI is InChI=1S/2C16H13.2C10H12OSi.6ClH.2Zr/c2*1-12-10-14-8-5-9-15(16(14)11-12)13-6-3-2-4-7-13;1-12(2)7-8-3-9-5-11-6-10(9)4-8;1-12(2)7-8-5-9-3-4-11-10(9)6-8;;;;;;;;/h2*2-11H,1H3;3-5,7H,6H2,1-2H3;3,5-7H,4H2,1-2H3;6*1H;;/q2*-1;;;;;;;;;2*+4/p-6. The summed E-state index contributed by atoms with van der Waals surface area (Å²) in [5.74, 6) is 1.06. The molecule has 0 aromatic heterocycles. The predicted molar refractivity (Wildman–Crippen MR) is 247 cm³/mol. The van der Waals surface area contributed by atoms with Crippen molar-refractivity contribution in [2.24, 2.45) is 0 Å². The van der Waals surface area contributed by atoms with E-state index < -0.39 is 0 Å². The van der Waals surface area contributed by atoms with E-state index in [4.69, 9.17) is 9.47 Å². The van der Waals surface area contributed by atoms with E-state index in [9.17, 15) is 0 Å². The first-order chi connectivity index (χ1) is 27.2. The fourth-order valence-electron chi connectivity index (χ4n) is 7.43. The molecule has 2 aliphatic heterocycles. The van der Waals surface area contributed by atoms with Crippen molar-refractivity contribution in [3.63, 3.8) is 0 Å². The molecule has 0 N–H and O–H groups in total. The summed E-state index contributed by atoms with van der Waals surface area (Å²) in [6.45, 7) is 15.0. The van der Waals surface area contributed by atoms with Crippen LogP contribution in [0.2, 0.25) is 26.2 Å². The van der Waals surface area contributed by atoms with Crippen molar-refractivity contribution in [3.8, 4) is 22.3 Å². The third-order valence-electron chi connectivity index (χ3n) is 9.80. The van der Waals surface area contributed by atoms with E-state index in [0.717, 1.165) is 19.0 Å². The summed E-state index contributed by atoms with van der Waals surface area (Å²) in [6.07, 6.45) is 12.8. The molecule has 2 heterocycles. The minimum absolute atomic E-state index is 0. The van der Waals surface area contributed by atoms with Gasteiger partial charge in [-0.3, -0.25) is 0 Å². The normalized spacial score (nSPS) is 12.5. The minimum Gasteiger partial charge on any atom is -1.00 e. The molecule has 0 radical (unpaired) electrons. The molecule has 0 saturated carbocycles. The van der Waals surface area contributed by atoms with Crippen LogP contribution in [0.15, 0.2) is 192 Å². The number of allylic oxidation sites excluding steroid dienone is 6.